The molecule has 0 amide bonds. The van der Waals surface area contributed by atoms with Crippen LogP contribution in [0, 0.1) is 0 Å². The Hall–Kier alpha value is -1.20. The van der Waals surface area contributed by atoms with Crippen LogP contribution in [0.3, 0.4) is 0 Å². The van der Waals surface area contributed by atoms with E-state index in [2.05, 4.69) is 28.8 Å². The van der Waals surface area contributed by atoms with Gasteiger partial charge < -0.3 is 9.47 Å². The summed E-state index contributed by atoms with van der Waals surface area (Å²) in [5.74, 6) is 0.753. The van der Waals surface area contributed by atoms with Gasteiger partial charge in [-0.3, -0.25) is 9.69 Å². The Balaban J connectivity index is 2.18. The smallest absolute Gasteiger partial charge is 0.216 e. The second-order valence-corrected chi connectivity index (χ2v) is 5.42. The number of hydrogen-bond acceptors (Lipinski definition) is 4. The number of likely N-dealkylation sites (N-methyl/N-ethyl adjacent to an activating group) is 2. The van der Waals surface area contributed by atoms with Crippen LogP contribution < -0.4 is 0 Å². The number of Topliss-reactive ketones (excluding diaryl/α,β-unsaturated/α-hetero) is 1. The Morgan fingerprint density at radius 3 is 2.95 bits per heavy atom. The van der Waals surface area contributed by atoms with Crippen LogP contribution in [0.15, 0.2) is 12.4 Å². The number of imidazole rings is 1. The fraction of sp³-hybridized carbons (Fsp3) is 0.714. The van der Waals surface area contributed by atoms with Crippen molar-refractivity contribution in [2.75, 3.05) is 33.7 Å². The van der Waals surface area contributed by atoms with Crippen LogP contribution in [0.2, 0.25) is 0 Å². The zero-order valence-electron chi connectivity index (χ0n) is 12.2. The van der Waals surface area contributed by atoms with E-state index < -0.39 is 0 Å². The molecule has 2 rings (SSSR count). The summed E-state index contributed by atoms with van der Waals surface area (Å²) < 4.78 is 1.97. The van der Waals surface area contributed by atoms with E-state index in [1.54, 1.807) is 6.20 Å². The highest BCUT2D eigenvalue weighted by molar-refractivity contribution is 5.97. The van der Waals surface area contributed by atoms with Crippen molar-refractivity contribution in [2.24, 2.45) is 0 Å². The molecule has 0 radical (unpaired) electrons. The summed E-state index contributed by atoms with van der Waals surface area (Å²) in [6.07, 6.45) is 5.75. The predicted molar refractivity (Wildman–Crippen MR) is 75.4 cm³/mol. The summed E-state index contributed by atoms with van der Waals surface area (Å²) in [5.41, 5.74) is 0. The molecule has 0 aliphatic carbocycles. The molecule has 1 atom stereocenters. The van der Waals surface area contributed by atoms with E-state index in [1.807, 2.05) is 17.8 Å². The third kappa shape index (κ3) is 3.22. The Labute approximate surface area is 115 Å². The average molecular weight is 264 g/mol. The third-order valence-corrected chi connectivity index (χ3v) is 3.77. The summed E-state index contributed by atoms with van der Waals surface area (Å²) >= 11 is 0. The molecule has 1 aliphatic rings. The zero-order valence-corrected chi connectivity index (χ0v) is 12.2. The topological polar surface area (TPSA) is 41.4 Å². The van der Waals surface area contributed by atoms with E-state index >= 15 is 0 Å². The van der Waals surface area contributed by atoms with Crippen molar-refractivity contribution >= 4 is 5.78 Å². The first-order valence-corrected chi connectivity index (χ1v) is 7.07. The van der Waals surface area contributed by atoms with Crippen LogP contribution in [0.5, 0.6) is 0 Å². The molecule has 0 N–H and O–H groups in total. The van der Waals surface area contributed by atoms with Crippen molar-refractivity contribution in [1.82, 2.24) is 19.4 Å². The van der Waals surface area contributed by atoms with Gasteiger partial charge in [0.05, 0.1) is 6.04 Å². The predicted octanol–water partition coefficient (Wildman–Crippen LogP) is 1.11. The second-order valence-electron chi connectivity index (χ2n) is 5.42. The van der Waals surface area contributed by atoms with E-state index in [4.69, 9.17) is 0 Å². The summed E-state index contributed by atoms with van der Waals surface area (Å²) in [5, 5.41) is 0. The largest absolute Gasteiger partial charge is 0.328 e. The van der Waals surface area contributed by atoms with E-state index in [1.165, 1.54) is 0 Å². The highest BCUT2D eigenvalue weighted by Crippen LogP contribution is 2.12. The zero-order chi connectivity index (χ0) is 13.8. The molecule has 5 nitrogen and oxygen atoms in total. The first-order valence-electron chi connectivity index (χ1n) is 7.07. The van der Waals surface area contributed by atoms with Gasteiger partial charge in [0.25, 0.3) is 0 Å². The SMILES string of the molecule is CCCn1ccnc1C(=O)C1CN(C)CCCN1C. The molecule has 1 fully saturated rings. The molecule has 0 spiro atoms. The number of aryl methyl sites for hydroxylation is 1. The van der Waals surface area contributed by atoms with Crippen LogP contribution in [0.25, 0.3) is 0 Å². The summed E-state index contributed by atoms with van der Waals surface area (Å²) in [6.45, 7) is 5.77. The lowest BCUT2D eigenvalue weighted by molar-refractivity contribution is 0.0824. The lowest BCUT2D eigenvalue weighted by Crippen LogP contribution is -2.44. The second kappa shape index (κ2) is 6.30. The fourth-order valence-electron chi connectivity index (χ4n) is 2.66. The minimum Gasteiger partial charge on any atom is -0.328 e. The lowest BCUT2D eigenvalue weighted by Gasteiger charge is -2.25. The van der Waals surface area contributed by atoms with Gasteiger partial charge in [0.1, 0.15) is 0 Å². The third-order valence-electron chi connectivity index (χ3n) is 3.77. The van der Waals surface area contributed by atoms with Crippen molar-refractivity contribution in [3.63, 3.8) is 0 Å². The number of nitrogens with zero attached hydrogens (tertiary/aromatic N) is 4. The van der Waals surface area contributed by atoms with Crippen LogP contribution in [-0.2, 0) is 6.54 Å². The first-order chi connectivity index (χ1) is 9.13. The van der Waals surface area contributed by atoms with Crippen molar-refractivity contribution in [3.05, 3.63) is 18.2 Å². The molecule has 1 unspecified atom stereocenters. The molecule has 5 heteroatoms. The van der Waals surface area contributed by atoms with Gasteiger partial charge in [0.15, 0.2) is 5.82 Å². The lowest BCUT2D eigenvalue weighted by atomic mass is 10.1. The standard InChI is InChI=1S/C14H24N4O/c1-4-7-18-10-6-15-14(18)13(19)12-11-16(2)8-5-9-17(12)3/h6,10,12H,4-5,7-9,11H2,1-3H3. The van der Waals surface area contributed by atoms with Crippen LogP contribution >= 0.6 is 0 Å². The number of hydrogen-bond donors (Lipinski definition) is 0. The highest BCUT2D eigenvalue weighted by atomic mass is 16.1. The Bertz CT molecular complexity index is 429. The van der Waals surface area contributed by atoms with Gasteiger partial charge in [-0.2, -0.15) is 0 Å². The molecule has 1 aliphatic heterocycles. The first kappa shape index (κ1) is 14.2. The minimum absolute atomic E-state index is 0.0782. The van der Waals surface area contributed by atoms with Gasteiger partial charge >= 0.3 is 0 Å². The molecular weight excluding hydrogens is 240 g/mol. The fourth-order valence-corrected chi connectivity index (χ4v) is 2.66. The Morgan fingerprint density at radius 1 is 1.42 bits per heavy atom. The number of aromatic nitrogens is 2. The van der Waals surface area contributed by atoms with Crippen LogP contribution in [0.4, 0.5) is 0 Å². The summed E-state index contributed by atoms with van der Waals surface area (Å²) in [6, 6.07) is -0.0782. The maximum atomic E-state index is 12.7. The molecular formula is C14H24N4O. The molecule has 0 bridgehead atoms. The van der Waals surface area contributed by atoms with Crippen molar-refractivity contribution in [2.45, 2.75) is 32.4 Å². The van der Waals surface area contributed by atoms with Crippen molar-refractivity contribution in [1.29, 1.82) is 0 Å². The van der Waals surface area contributed by atoms with Gasteiger partial charge in [-0.05, 0) is 40.0 Å². The normalized spacial score (nSPS) is 22.4. The van der Waals surface area contributed by atoms with E-state index in [-0.39, 0.29) is 11.8 Å². The number of carbonyl (C=O) groups is 1. The van der Waals surface area contributed by atoms with Gasteiger partial charge in [-0.25, -0.2) is 4.98 Å². The maximum Gasteiger partial charge on any atom is 0.216 e. The molecule has 1 aromatic rings. The molecule has 2 heterocycles. The molecule has 1 saturated heterocycles. The van der Waals surface area contributed by atoms with Crippen molar-refractivity contribution < 1.29 is 4.79 Å². The van der Waals surface area contributed by atoms with Crippen LogP contribution in [0.1, 0.15) is 30.4 Å². The Morgan fingerprint density at radius 2 is 2.21 bits per heavy atom. The molecule has 1 aromatic heterocycles. The maximum absolute atomic E-state index is 12.7. The van der Waals surface area contributed by atoms with Crippen LogP contribution in [-0.4, -0.2) is 64.9 Å². The minimum atomic E-state index is -0.0782. The Kier molecular flexibility index (Phi) is 4.71. The van der Waals surface area contributed by atoms with Gasteiger partial charge in [-0.15, -0.1) is 0 Å². The highest BCUT2D eigenvalue weighted by Gasteiger charge is 2.30. The number of carbonyl (C=O) groups excluding carboxylic acids is 1. The van der Waals surface area contributed by atoms with Crippen molar-refractivity contribution in [3.8, 4) is 0 Å². The van der Waals surface area contributed by atoms with E-state index in [0.29, 0.717) is 5.82 Å². The summed E-state index contributed by atoms with van der Waals surface area (Å²) in [7, 11) is 4.12. The van der Waals surface area contributed by atoms with E-state index in [0.717, 1.165) is 39.0 Å². The number of rotatable bonds is 4. The van der Waals surface area contributed by atoms with Gasteiger partial charge in [0, 0.05) is 25.5 Å². The van der Waals surface area contributed by atoms with Gasteiger partial charge in [-0.1, -0.05) is 6.92 Å². The quantitative estimate of drug-likeness (QED) is 0.764. The number of ketones is 1. The van der Waals surface area contributed by atoms with E-state index in [9.17, 15) is 4.79 Å². The molecule has 0 aromatic carbocycles. The molecule has 19 heavy (non-hydrogen) atoms. The monoisotopic (exact) mass is 264 g/mol. The molecule has 106 valence electrons. The summed E-state index contributed by atoms with van der Waals surface area (Å²) in [4.78, 5) is 21.4. The van der Waals surface area contributed by atoms with Gasteiger partial charge in [0.2, 0.25) is 5.78 Å². The molecule has 0 saturated carbocycles. The average Bonchev–Trinajstić information content (AvgIpc) is 2.76.